The molecule has 14 heavy (non-hydrogen) atoms. The van der Waals surface area contributed by atoms with E-state index in [1.54, 1.807) is 9.80 Å². The standard InChI is InChI=1S/2C5H13NO/c2*1-4-5(7)6(2)3/h2*5,7H,4H2,1-3H3/t2*5-/m10/s1. The van der Waals surface area contributed by atoms with Crippen molar-refractivity contribution in [3.8, 4) is 0 Å². The minimum absolute atomic E-state index is 0.264. The molecule has 0 rings (SSSR count). The molecule has 0 aromatic rings. The second-order valence-corrected chi connectivity index (χ2v) is 3.70. The molecule has 0 aliphatic rings. The first-order valence-electron chi connectivity index (χ1n) is 5.05. The van der Waals surface area contributed by atoms with E-state index in [4.69, 9.17) is 10.2 Å². The molecule has 0 fully saturated rings. The molecule has 88 valence electrons. The van der Waals surface area contributed by atoms with Crippen LogP contribution in [0.1, 0.15) is 26.7 Å². The molecular weight excluding hydrogens is 180 g/mol. The summed E-state index contributed by atoms with van der Waals surface area (Å²) in [7, 11) is 7.42. The zero-order chi connectivity index (χ0) is 11.7. The number of aliphatic hydroxyl groups excluding tert-OH is 2. The SMILES string of the molecule is CC[C@@H](O)N(C)C.CC[C@H](O)N(C)C. The fraction of sp³-hybridized carbons (Fsp3) is 1.00. The molecule has 0 bridgehead atoms. The number of nitrogens with zero attached hydrogens (tertiary/aromatic N) is 2. The molecule has 0 aliphatic heterocycles. The largest absolute Gasteiger partial charge is 0.378 e. The fourth-order valence-electron chi connectivity index (χ4n) is 0.730. The van der Waals surface area contributed by atoms with Gasteiger partial charge in [-0.15, -0.1) is 0 Å². The third kappa shape index (κ3) is 9.92. The van der Waals surface area contributed by atoms with E-state index < -0.39 is 0 Å². The number of rotatable bonds is 4. The van der Waals surface area contributed by atoms with Gasteiger partial charge in [0.15, 0.2) is 0 Å². The minimum Gasteiger partial charge on any atom is -0.378 e. The van der Waals surface area contributed by atoms with Gasteiger partial charge in [0.25, 0.3) is 0 Å². The van der Waals surface area contributed by atoms with Gasteiger partial charge in [0.05, 0.1) is 0 Å². The molecule has 4 heteroatoms. The Kier molecular flexibility index (Phi) is 10.9. The first-order valence-corrected chi connectivity index (χ1v) is 5.05. The zero-order valence-corrected chi connectivity index (χ0v) is 10.4. The van der Waals surface area contributed by atoms with Crippen LogP contribution in [-0.2, 0) is 0 Å². The lowest BCUT2D eigenvalue weighted by Crippen LogP contribution is -2.26. The second kappa shape index (κ2) is 9.40. The molecular formula is C10H26N2O2. The lowest BCUT2D eigenvalue weighted by Gasteiger charge is -2.15. The lowest BCUT2D eigenvalue weighted by atomic mass is 10.4. The fourth-order valence-corrected chi connectivity index (χ4v) is 0.730. The average molecular weight is 206 g/mol. The Morgan fingerprint density at radius 3 is 1.00 bits per heavy atom. The summed E-state index contributed by atoms with van der Waals surface area (Å²) in [5, 5.41) is 17.7. The molecule has 0 saturated heterocycles. The maximum Gasteiger partial charge on any atom is 0.106 e. The molecule has 2 N–H and O–H groups in total. The summed E-state index contributed by atoms with van der Waals surface area (Å²) in [6.07, 6.45) is 1.07. The summed E-state index contributed by atoms with van der Waals surface area (Å²) < 4.78 is 0. The van der Waals surface area contributed by atoms with Gasteiger partial charge >= 0.3 is 0 Å². The van der Waals surface area contributed by atoms with Gasteiger partial charge in [0.1, 0.15) is 12.5 Å². The highest BCUT2D eigenvalue weighted by Crippen LogP contribution is 1.90. The van der Waals surface area contributed by atoms with Crippen LogP contribution >= 0.6 is 0 Å². The Bertz CT molecular complexity index is 105. The van der Waals surface area contributed by atoms with Crippen LogP contribution in [0.4, 0.5) is 0 Å². The maximum atomic E-state index is 8.86. The van der Waals surface area contributed by atoms with E-state index in [2.05, 4.69) is 0 Å². The van der Waals surface area contributed by atoms with Crippen molar-refractivity contribution in [2.45, 2.75) is 39.1 Å². The predicted molar refractivity (Wildman–Crippen MR) is 60.0 cm³/mol. The first kappa shape index (κ1) is 16.3. The molecule has 0 amide bonds. The van der Waals surface area contributed by atoms with Gasteiger partial charge in [-0.25, -0.2) is 0 Å². The van der Waals surface area contributed by atoms with Gasteiger partial charge in [-0.3, -0.25) is 9.80 Å². The first-order chi connectivity index (χ1) is 6.36. The van der Waals surface area contributed by atoms with Crippen molar-refractivity contribution < 1.29 is 10.2 Å². The van der Waals surface area contributed by atoms with Gasteiger partial charge in [-0.2, -0.15) is 0 Å². The van der Waals surface area contributed by atoms with Crippen LogP contribution < -0.4 is 0 Å². The van der Waals surface area contributed by atoms with Gasteiger partial charge in [0, 0.05) is 0 Å². The van der Waals surface area contributed by atoms with E-state index in [9.17, 15) is 0 Å². The highest BCUT2D eigenvalue weighted by atomic mass is 16.3. The molecule has 0 unspecified atom stereocenters. The van der Waals surface area contributed by atoms with Crippen molar-refractivity contribution in [3.05, 3.63) is 0 Å². The summed E-state index contributed by atoms with van der Waals surface area (Å²) in [4.78, 5) is 3.56. The van der Waals surface area contributed by atoms with Crippen molar-refractivity contribution in [1.29, 1.82) is 0 Å². The van der Waals surface area contributed by atoms with Crippen molar-refractivity contribution in [2.75, 3.05) is 28.2 Å². The van der Waals surface area contributed by atoms with E-state index in [-0.39, 0.29) is 12.5 Å². The van der Waals surface area contributed by atoms with E-state index >= 15 is 0 Å². The molecule has 0 saturated carbocycles. The van der Waals surface area contributed by atoms with Crippen LogP contribution in [0, 0.1) is 0 Å². The van der Waals surface area contributed by atoms with Crippen LogP contribution in [0.25, 0.3) is 0 Å². The van der Waals surface area contributed by atoms with Crippen molar-refractivity contribution in [1.82, 2.24) is 9.80 Å². The Hall–Kier alpha value is -0.160. The Labute approximate surface area is 88.1 Å². The highest BCUT2D eigenvalue weighted by molar-refractivity contribution is 4.44. The summed E-state index contributed by atoms with van der Waals surface area (Å²) in [6.45, 7) is 3.90. The topological polar surface area (TPSA) is 46.9 Å². The van der Waals surface area contributed by atoms with Gasteiger partial charge < -0.3 is 10.2 Å². The van der Waals surface area contributed by atoms with Crippen molar-refractivity contribution >= 4 is 0 Å². The van der Waals surface area contributed by atoms with Crippen LogP contribution in [0.3, 0.4) is 0 Å². The summed E-state index contributed by atoms with van der Waals surface area (Å²) in [5.74, 6) is 0. The van der Waals surface area contributed by atoms with E-state index in [1.165, 1.54) is 0 Å². The normalized spacial score (nSPS) is 15.0. The molecule has 0 heterocycles. The van der Waals surface area contributed by atoms with Gasteiger partial charge in [0.2, 0.25) is 0 Å². The highest BCUT2D eigenvalue weighted by Gasteiger charge is 1.99. The van der Waals surface area contributed by atoms with Crippen LogP contribution in [0.2, 0.25) is 0 Å². The monoisotopic (exact) mass is 206 g/mol. The molecule has 0 aromatic carbocycles. The third-order valence-electron chi connectivity index (χ3n) is 1.92. The van der Waals surface area contributed by atoms with Crippen LogP contribution in [0.15, 0.2) is 0 Å². The summed E-state index contributed by atoms with van der Waals surface area (Å²) in [5.41, 5.74) is 0. The number of hydrogen-bond acceptors (Lipinski definition) is 4. The third-order valence-corrected chi connectivity index (χ3v) is 1.92. The summed E-state index contributed by atoms with van der Waals surface area (Å²) >= 11 is 0. The van der Waals surface area contributed by atoms with Crippen molar-refractivity contribution in [2.24, 2.45) is 0 Å². The number of hydrogen-bond donors (Lipinski definition) is 2. The van der Waals surface area contributed by atoms with Gasteiger partial charge in [-0.1, -0.05) is 13.8 Å². The average Bonchev–Trinajstić information content (AvgIpc) is 2.15. The molecule has 0 radical (unpaired) electrons. The minimum atomic E-state index is -0.264. The quantitative estimate of drug-likeness (QED) is 0.660. The Morgan fingerprint density at radius 1 is 0.786 bits per heavy atom. The second-order valence-electron chi connectivity index (χ2n) is 3.70. The Morgan fingerprint density at radius 2 is 1.00 bits per heavy atom. The lowest BCUT2D eigenvalue weighted by molar-refractivity contribution is 0.0375. The summed E-state index contributed by atoms with van der Waals surface area (Å²) in [6, 6.07) is 0. The van der Waals surface area contributed by atoms with E-state index in [1.807, 2.05) is 42.0 Å². The molecule has 0 aliphatic carbocycles. The Balaban J connectivity index is 0. The zero-order valence-electron chi connectivity index (χ0n) is 10.4. The smallest absolute Gasteiger partial charge is 0.106 e. The molecule has 2 atom stereocenters. The maximum absolute atomic E-state index is 8.86. The molecule has 0 aromatic heterocycles. The van der Waals surface area contributed by atoms with E-state index in [0.717, 1.165) is 12.8 Å². The predicted octanol–water partition coefficient (Wildman–Crippen LogP) is 0.553. The van der Waals surface area contributed by atoms with Crippen LogP contribution in [0.5, 0.6) is 0 Å². The van der Waals surface area contributed by atoms with E-state index in [0.29, 0.717) is 0 Å². The number of aliphatic hydroxyl groups is 2. The van der Waals surface area contributed by atoms with Crippen LogP contribution in [-0.4, -0.2) is 60.7 Å². The molecule has 4 nitrogen and oxygen atoms in total. The van der Waals surface area contributed by atoms with Gasteiger partial charge in [-0.05, 0) is 41.0 Å². The molecule has 0 spiro atoms. The van der Waals surface area contributed by atoms with Crippen molar-refractivity contribution in [3.63, 3.8) is 0 Å².